The molecule has 0 spiro atoms. The molecule has 0 aliphatic carbocycles. The molecule has 0 saturated heterocycles. The van der Waals surface area contributed by atoms with Crippen LogP contribution in [0.2, 0.25) is 0 Å². The summed E-state index contributed by atoms with van der Waals surface area (Å²) in [7, 11) is 0. The Bertz CT molecular complexity index is 2880. The number of aryl methyl sites for hydroxylation is 2. The van der Waals surface area contributed by atoms with Gasteiger partial charge in [0.1, 0.15) is 0 Å². The van der Waals surface area contributed by atoms with Crippen LogP contribution < -0.4 is 0 Å². The van der Waals surface area contributed by atoms with Crippen molar-refractivity contribution in [2.75, 3.05) is 0 Å². The van der Waals surface area contributed by atoms with E-state index >= 15 is 0 Å². The number of nitrogens with zero attached hydrogens (tertiary/aromatic N) is 5. The quantitative estimate of drug-likeness (QED) is 0.203. The fraction of sp³-hybridized carbons (Fsp3) is 0.0488. The van der Waals surface area contributed by atoms with Gasteiger partial charge in [0.2, 0.25) is 5.95 Å². The first kappa shape index (κ1) is 21.6. The number of fused-ring (bicyclic) bond motifs is 6. The molecule has 0 amide bonds. The van der Waals surface area contributed by atoms with Crippen molar-refractivity contribution in [2.45, 2.75) is 13.8 Å². The zero-order valence-corrected chi connectivity index (χ0v) is 25.1. The van der Waals surface area contributed by atoms with Gasteiger partial charge < -0.3 is 4.57 Å². The van der Waals surface area contributed by atoms with Crippen LogP contribution in [0.3, 0.4) is 0 Å². The molecule has 0 aliphatic heterocycles. The Morgan fingerprint density at radius 2 is 1.04 bits per heavy atom. The Morgan fingerprint density at radius 3 is 1.74 bits per heavy atom. The summed E-state index contributed by atoms with van der Waals surface area (Å²) in [6, 6.07) is 34.6. The van der Waals surface area contributed by atoms with Gasteiger partial charge in [-0.15, -0.1) is 0 Å². The van der Waals surface area contributed by atoms with Crippen LogP contribution in [0, 0.1) is 13.8 Å². The Morgan fingerprint density at radius 1 is 0.500 bits per heavy atom. The van der Waals surface area contributed by atoms with E-state index in [9.17, 15) is 0 Å². The first-order chi connectivity index (χ1) is 24.7. The Balaban J connectivity index is 1.40. The monoisotopic (exact) mass is 596 g/mol. The molecule has 0 N–H and O–H groups in total. The van der Waals surface area contributed by atoms with Crippen LogP contribution in [0.1, 0.15) is 18.0 Å². The number of benzene rings is 6. The van der Waals surface area contributed by atoms with E-state index in [2.05, 4.69) is 60.9 Å². The Labute approximate surface area is 273 Å². The van der Waals surface area contributed by atoms with Gasteiger partial charge in [0.25, 0.3) is 0 Å². The van der Waals surface area contributed by atoms with Crippen molar-refractivity contribution in [1.82, 2.24) is 24.1 Å². The molecule has 5 heteroatoms. The van der Waals surface area contributed by atoms with Crippen molar-refractivity contribution in [3.63, 3.8) is 0 Å². The van der Waals surface area contributed by atoms with Crippen LogP contribution in [-0.2, 0) is 0 Å². The van der Waals surface area contributed by atoms with Crippen molar-refractivity contribution in [3.05, 3.63) is 151 Å². The van der Waals surface area contributed by atoms with Crippen molar-refractivity contribution in [1.29, 1.82) is 0 Å². The number of para-hydroxylation sites is 3. The first-order valence-corrected chi connectivity index (χ1v) is 15.1. The lowest BCUT2D eigenvalue weighted by molar-refractivity contribution is 0.951. The molecule has 9 rings (SSSR count). The molecule has 0 fully saturated rings. The van der Waals surface area contributed by atoms with E-state index in [1.807, 2.05) is 71.3 Å². The predicted molar refractivity (Wildman–Crippen MR) is 189 cm³/mol. The summed E-state index contributed by atoms with van der Waals surface area (Å²) in [5, 5.41) is 4.28. The van der Waals surface area contributed by atoms with Gasteiger partial charge in [-0.05, 0) is 62.4 Å². The topological polar surface area (TPSA) is 48.5 Å². The SMILES string of the molecule is [2H]c1c([2H])c([2H])c(-c2nc(-c3ccccc3-n3c4ccccc4c4cc(C)ccc43)nc(-n3c4ccccc4c4cc(C)ccc43)n2)c([2H])c1[2H]. The summed E-state index contributed by atoms with van der Waals surface area (Å²) in [6.45, 7) is 4.14. The minimum absolute atomic E-state index is 0.0160. The second kappa shape index (κ2) is 10.2. The lowest BCUT2D eigenvalue weighted by Gasteiger charge is -2.15. The number of hydrogen-bond acceptors (Lipinski definition) is 3. The maximum atomic E-state index is 8.85. The Kier molecular flexibility index (Phi) is 4.81. The smallest absolute Gasteiger partial charge is 0.238 e. The molecule has 9 aromatic rings. The third-order valence-electron chi connectivity index (χ3n) is 8.59. The van der Waals surface area contributed by atoms with Crippen LogP contribution in [0.5, 0.6) is 0 Å². The molecular weight excluding hydrogens is 562 g/mol. The highest BCUT2D eigenvalue weighted by atomic mass is 15.2. The zero-order chi connectivity index (χ0) is 35.1. The van der Waals surface area contributed by atoms with E-state index in [0.29, 0.717) is 11.4 Å². The molecule has 5 nitrogen and oxygen atoms in total. The van der Waals surface area contributed by atoms with E-state index in [1.165, 1.54) is 0 Å². The molecule has 3 aromatic heterocycles. The molecule has 0 saturated carbocycles. The normalized spacial score (nSPS) is 13.2. The molecule has 6 aromatic carbocycles. The molecule has 218 valence electrons. The van der Waals surface area contributed by atoms with Crippen LogP contribution in [0.25, 0.3) is 78.0 Å². The summed E-state index contributed by atoms with van der Waals surface area (Å²) in [4.78, 5) is 15.0. The third kappa shape index (κ3) is 4.06. The standard InChI is InChI=1S/C41H29N5/c1-26-20-22-37-32(24-26)29-14-6-9-17-34(29)45(37)36-19-11-8-16-31(36)40-42-39(28-12-4-3-5-13-28)43-41(44-40)46-35-18-10-7-15-30(35)33-25-27(2)21-23-38(33)46/h3-25H,1-2H3/i3D,4D,5D,12D,13D. The van der Waals surface area contributed by atoms with Gasteiger partial charge in [-0.25, -0.2) is 4.98 Å². The Hall–Kier alpha value is -6.07. The van der Waals surface area contributed by atoms with Gasteiger partial charge in [0.15, 0.2) is 11.6 Å². The average Bonchev–Trinajstić information content (AvgIpc) is 3.65. The molecule has 0 radical (unpaired) electrons. The zero-order valence-electron chi connectivity index (χ0n) is 30.1. The van der Waals surface area contributed by atoms with Crippen molar-refractivity contribution in [3.8, 4) is 34.4 Å². The summed E-state index contributed by atoms with van der Waals surface area (Å²) < 4.78 is 47.0. The first-order valence-electron chi connectivity index (χ1n) is 17.6. The number of aromatic nitrogens is 5. The highest BCUT2D eigenvalue weighted by Crippen LogP contribution is 2.37. The van der Waals surface area contributed by atoms with Crippen molar-refractivity contribution >= 4 is 43.6 Å². The highest BCUT2D eigenvalue weighted by Gasteiger charge is 2.21. The summed E-state index contributed by atoms with van der Waals surface area (Å²) in [6.07, 6.45) is 0. The summed E-state index contributed by atoms with van der Waals surface area (Å²) >= 11 is 0. The minimum Gasteiger partial charge on any atom is -0.309 e. The van der Waals surface area contributed by atoms with E-state index < -0.39 is 18.1 Å². The van der Waals surface area contributed by atoms with Crippen LogP contribution in [0.4, 0.5) is 0 Å². The van der Waals surface area contributed by atoms with Gasteiger partial charge in [-0.1, -0.05) is 102 Å². The minimum atomic E-state index is -0.479. The third-order valence-corrected chi connectivity index (χ3v) is 8.59. The van der Waals surface area contributed by atoms with E-state index in [1.54, 1.807) is 0 Å². The van der Waals surface area contributed by atoms with E-state index in [0.717, 1.165) is 60.4 Å². The molecule has 3 heterocycles. The van der Waals surface area contributed by atoms with Gasteiger partial charge in [-0.3, -0.25) is 4.57 Å². The van der Waals surface area contributed by atoms with Crippen molar-refractivity contribution < 1.29 is 6.85 Å². The lowest BCUT2D eigenvalue weighted by Crippen LogP contribution is -2.07. The molecule has 0 aliphatic rings. The predicted octanol–water partition coefficient (Wildman–Crippen LogP) is 10.0. The fourth-order valence-electron chi connectivity index (χ4n) is 6.57. The van der Waals surface area contributed by atoms with E-state index in [4.69, 9.17) is 21.8 Å². The van der Waals surface area contributed by atoms with Crippen LogP contribution in [0.15, 0.2) is 139 Å². The molecule has 0 bridgehead atoms. The largest absolute Gasteiger partial charge is 0.309 e. The lowest BCUT2D eigenvalue weighted by atomic mass is 10.1. The molecule has 0 unspecified atom stereocenters. The average molecular weight is 597 g/mol. The van der Waals surface area contributed by atoms with Crippen LogP contribution in [-0.4, -0.2) is 24.1 Å². The maximum absolute atomic E-state index is 8.85. The number of hydrogen-bond donors (Lipinski definition) is 0. The molecule has 46 heavy (non-hydrogen) atoms. The molecule has 0 atom stereocenters. The van der Waals surface area contributed by atoms with Gasteiger partial charge in [0, 0.05) is 32.7 Å². The van der Waals surface area contributed by atoms with Crippen LogP contribution >= 0.6 is 0 Å². The van der Waals surface area contributed by atoms with Gasteiger partial charge in [-0.2, -0.15) is 9.97 Å². The van der Waals surface area contributed by atoms with Crippen molar-refractivity contribution in [2.24, 2.45) is 0 Å². The second-order valence-electron chi connectivity index (χ2n) is 11.5. The maximum Gasteiger partial charge on any atom is 0.238 e. The highest BCUT2D eigenvalue weighted by molar-refractivity contribution is 6.10. The molecular formula is C41H29N5. The fourth-order valence-corrected chi connectivity index (χ4v) is 6.57. The van der Waals surface area contributed by atoms with Gasteiger partial charge >= 0.3 is 0 Å². The number of rotatable bonds is 4. The van der Waals surface area contributed by atoms with Gasteiger partial charge in [0.05, 0.1) is 34.6 Å². The summed E-state index contributed by atoms with van der Waals surface area (Å²) in [5.74, 6) is 0.552. The van der Waals surface area contributed by atoms with E-state index in [-0.39, 0.29) is 29.4 Å². The second-order valence-corrected chi connectivity index (χ2v) is 11.5. The summed E-state index contributed by atoms with van der Waals surface area (Å²) in [5.41, 5.74) is 7.47.